The highest BCUT2D eigenvalue weighted by Gasteiger charge is 2.70. The van der Waals surface area contributed by atoms with Crippen molar-refractivity contribution in [3.05, 3.63) is 23.9 Å². The Hall–Kier alpha value is -1.97. The van der Waals surface area contributed by atoms with E-state index in [9.17, 15) is 31.4 Å². The molecule has 0 radical (unpaired) electrons. The van der Waals surface area contributed by atoms with E-state index < -0.39 is 24.5 Å². The summed E-state index contributed by atoms with van der Waals surface area (Å²) < 4.78 is 76.7. The van der Waals surface area contributed by atoms with E-state index in [1.54, 1.807) is 6.92 Å². The molecule has 2 rings (SSSR count). The van der Waals surface area contributed by atoms with E-state index in [2.05, 4.69) is 5.10 Å². The molecule has 2 aromatic rings. The number of nitrogens with zero attached hydrogens (tertiary/aromatic N) is 2. The van der Waals surface area contributed by atoms with Crippen LogP contribution < -0.4 is 5.73 Å². The molecule has 0 aliphatic carbocycles. The number of benzene rings is 1. The number of hydrogen-bond donors (Lipinski definition) is 2. The molecule has 1 aromatic carbocycles. The van der Waals surface area contributed by atoms with E-state index in [1.165, 1.54) is 12.1 Å². The molecule has 1 aromatic heterocycles. The van der Waals surface area contributed by atoms with Crippen molar-refractivity contribution >= 4 is 16.6 Å². The van der Waals surface area contributed by atoms with Crippen molar-refractivity contribution in [1.82, 2.24) is 9.78 Å². The fourth-order valence-electron chi connectivity index (χ4n) is 1.99. The Morgan fingerprint density at radius 1 is 1.14 bits per heavy atom. The molecule has 0 aliphatic heterocycles. The molecule has 0 atom stereocenters. The third-order valence-electron chi connectivity index (χ3n) is 3.45. The highest BCUT2D eigenvalue weighted by Crippen LogP contribution is 2.44. The fourth-order valence-corrected chi connectivity index (χ4v) is 1.99. The summed E-state index contributed by atoms with van der Waals surface area (Å²) in [7, 11) is 0. The molecule has 10 heteroatoms. The lowest BCUT2D eigenvalue weighted by atomic mass is 10.0. The van der Waals surface area contributed by atoms with Crippen LogP contribution >= 0.6 is 0 Å². The summed E-state index contributed by atoms with van der Waals surface area (Å²) in [5.74, 6) is 0. The first kappa shape index (κ1) is 16.4. The molecule has 22 heavy (non-hydrogen) atoms. The van der Waals surface area contributed by atoms with Gasteiger partial charge < -0.3 is 10.8 Å². The minimum absolute atomic E-state index is 0.0126. The minimum Gasteiger partial charge on any atom is -0.398 e. The van der Waals surface area contributed by atoms with Crippen molar-refractivity contribution in [2.75, 3.05) is 5.73 Å². The molecule has 0 amide bonds. The van der Waals surface area contributed by atoms with Gasteiger partial charge in [0, 0.05) is 11.1 Å². The first-order valence-electron chi connectivity index (χ1n) is 5.95. The molecule has 0 spiro atoms. The van der Waals surface area contributed by atoms with Gasteiger partial charge in [-0.05, 0) is 24.6 Å². The third-order valence-corrected chi connectivity index (χ3v) is 3.45. The van der Waals surface area contributed by atoms with Crippen LogP contribution in [-0.4, -0.2) is 32.8 Å². The monoisotopic (exact) mass is 327 g/mol. The van der Waals surface area contributed by atoms with E-state index in [0.717, 1.165) is 6.20 Å². The predicted octanol–water partition coefficient (Wildman–Crippen LogP) is 2.78. The number of nitrogens with two attached hydrogens (primary N) is 1. The van der Waals surface area contributed by atoms with Gasteiger partial charge >= 0.3 is 12.4 Å². The largest absolute Gasteiger partial charge is 0.428 e. The Morgan fingerprint density at radius 3 is 2.18 bits per heavy atom. The standard InChI is InChI=1S/C12H11F6N3O/c1-6-7-4-20-21(9(7)3-2-8(6)19)5-10(22,11(13,14)15)12(16,17)18/h2-4,22H,5,19H2,1H3. The molecule has 122 valence electrons. The summed E-state index contributed by atoms with van der Waals surface area (Å²) >= 11 is 0. The van der Waals surface area contributed by atoms with Gasteiger partial charge in [-0.2, -0.15) is 31.4 Å². The number of anilines is 1. The molecule has 1 heterocycles. The molecule has 0 unspecified atom stereocenters. The highest BCUT2D eigenvalue weighted by molar-refractivity contribution is 5.86. The van der Waals surface area contributed by atoms with Gasteiger partial charge in [0.2, 0.25) is 0 Å². The smallest absolute Gasteiger partial charge is 0.398 e. The van der Waals surface area contributed by atoms with Crippen LogP contribution in [0.3, 0.4) is 0 Å². The van der Waals surface area contributed by atoms with E-state index in [-0.39, 0.29) is 5.52 Å². The van der Waals surface area contributed by atoms with Crippen LogP contribution in [0.15, 0.2) is 18.3 Å². The van der Waals surface area contributed by atoms with Crippen molar-refractivity contribution in [3.63, 3.8) is 0 Å². The maximum Gasteiger partial charge on any atom is 0.428 e. The second kappa shape index (κ2) is 4.77. The number of aryl methyl sites for hydroxylation is 1. The third kappa shape index (κ3) is 2.36. The summed E-state index contributed by atoms with van der Waals surface area (Å²) in [4.78, 5) is 0. The number of aliphatic hydroxyl groups is 1. The zero-order valence-electron chi connectivity index (χ0n) is 11.1. The maximum absolute atomic E-state index is 12.7. The lowest BCUT2D eigenvalue weighted by molar-refractivity contribution is -0.372. The minimum atomic E-state index is -5.90. The zero-order chi connectivity index (χ0) is 16.9. The average Bonchev–Trinajstić information content (AvgIpc) is 2.75. The molecule has 4 nitrogen and oxygen atoms in total. The molecule has 0 bridgehead atoms. The number of fused-ring (bicyclic) bond motifs is 1. The fraction of sp³-hybridized carbons (Fsp3) is 0.417. The average molecular weight is 327 g/mol. The van der Waals surface area contributed by atoms with Crippen LogP contribution in [0.2, 0.25) is 0 Å². The molecule has 0 saturated heterocycles. The van der Waals surface area contributed by atoms with Crippen LogP contribution in [0.5, 0.6) is 0 Å². The number of nitrogen functional groups attached to an aromatic ring is 1. The first-order chi connectivity index (χ1) is 9.88. The Balaban J connectivity index is 2.56. The van der Waals surface area contributed by atoms with Gasteiger partial charge in [0.25, 0.3) is 5.60 Å². The van der Waals surface area contributed by atoms with Crippen molar-refractivity contribution in [2.45, 2.75) is 31.4 Å². The van der Waals surface area contributed by atoms with Gasteiger partial charge in [-0.3, -0.25) is 4.68 Å². The van der Waals surface area contributed by atoms with E-state index in [1.807, 2.05) is 0 Å². The Kier molecular flexibility index (Phi) is 3.55. The molecule has 0 saturated carbocycles. The van der Waals surface area contributed by atoms with Crippen LogP contribution in [0, 0.1) is 6.92 Å². The summed E-state index contributed by atoms with van der Waals surface area (Å²) in [6.07, 6.45) is -10.7. The Bertz CT molecular complexity index is 689. The van der Waals surface area contributed by atoms with Crippen molar-refractivity contribution in [3.8, 4) is 0 Å². The summed E-state index contributed by atoms with van der Waals surface area (Å²) in [6.45, 7) is -0.240. The SMILES string of the molecule is Cc1c(N)ccc2c1cnn2CC(O)(C(F)(F)F)C(F)(F)F. The van der Waals surface area contributed by atoms with E-state index >= 15 is 0 Å². The number of alkyl halides is 6. The molecular formula is C12H11F6N3O. The van der Waals surface area contributed by atoms with Crippen LogP contribution in [0.1, 0.15) is 5.56 Å². The van der Waals surface area contributed by atoms with E-state index in [4.69, 9.17) is 5.73 Å². The number of aromatic nitrogens is 2. The summed E-state index contributed by atoms with van der Waals surface area (Å²) in [5.41, 5.74) is 1.54. The van der Waals surface area contributed by atoms with Gasteiger partial charge in [-0.1, -0.05) is 0 Å². The molecular weight excluding hydrogens is 316 g/mol. The quantitative estimate of drug-likeness (QED) is 0.658. The van der Waals surface area contributed by atoms with Crippen LogP contribution in [0.25, 0.3) is 10.9 Å². The number of halogens is 6. The lowest BCUT2D eigenvalue weighted by Gasteiger charge is -2.32. The summed E-state index contributed by atoms with van der Waals surface area (Å²) in [6, 6.07) is 2.59. The topological polar surface area (TPSA) is 64.1 Å². The van der Waals surface area contributed by atoms with Crippen LogP contribution in [-0.2, 0) is 6.54 Å². The van der Waals surface area contributed by atoms with Crippen molar-refractivity contribution < 1.29 is 31.4 Å². The van der Waals surface area contributed by atoms with Crippen molar-refractivity contribution in [2.24, 2.45) is 0 Å². The first-order valence-corrected chi connectivity index (χ1v) is 5.95. The normalized spacial score (nSPS) is 13.8. The highest BCUT2D eigenvalue weighted by atomic mass is 19.4. The lowest BCUT2D eigenvalue weighted by Crippen LogP contribution is -2.59. The zero-order valence-corrected chi connectivity index (χ0v) is 11.1. The number of hydrogen-bond acceptors (Lipinski definition) is 3. The molecule has 0 aliphatic rings. The van der Waals surface area contributed by atoms with Crippen LogP contribution in [0.4, 0.5) is 32.0 Å². The van der Waals surface area contributed by atoms with Gasteiger partial charge in [0.15, 0.2) is 0 Å². The number of rotatable bonds is 2. The summed E-state index contributed by atoms with van der Waals surface area (Å²) in [5, 5.41) is 13.0. The van der Waals surface area contributed by atoms with Crippen molar-refractivity contribution in [1.29, 1.82) is 0 Å². The molecule has 0 fully saturated rings. The second-order valence-corrected chi connectivity index (χ2v) is 4.87. The second-order valence-electron chi connectivity index (χ2n) is 4.87. The van der Waals surface area contributed by atoms with Gasteiger partial charge in [-0.15, -0.1) is 0 Å². The van der Waals surface area contributed by atoms with Gasteiger partial charge in [0.1, 0.15) is 0 Å². The molecule has 3 N–H and O–H groups in total. The van der Waals surface area contributed by atoms with Gasteiger partial charge in [-0.25, -0.2) is 0 Å². The Morgan fingerprint density at radius 2 is 1.68 bits per heavy atom. The predicted molar refractivity (Wildman–Crippen MR) is 65.9 cm³/mol. The van der Waals surface area contributed by atoms with Gasteiger partial charge in [0.05, 0.1) is 18.3 Å². The maximum atomic E-state index is 12.7. The Labute approximate surface area is 120 Å². The van der Waals surface area contributed by atoms with E-state index in [0.29, 0.717) is 21.3 Å².